The van der Waals surface area contributed by atoms with Gasteiger partial charge in [-0.05, 0) is 40.3 Å². The highest BCUT2D eigenvalue weighted by molar-refractivity contribution is 5.78. The molecule has 3 N–H and O–H groups in total. The lowest BCUT2D eigenvalue weighted by Gasteiger charge is -2.24. The van der Waals surface area contributed by atoms with E-state index in [-0.39, 0.29) is 11.9 Å². The topological polar surface area (TPSA) is 58.4 Å². The van der Waals surface area contributed by atoms with Crippen LogP contribution >= 0.6 is 0 Å². The van der Waals surface area contributed by atoms with Crippen molar-refractivity contribution in [1.29, 1.82) is 0 Å². The molecule has 0 rings (SSSR count). The number of hydrogen-bond donors (Lipinski definition) is 2. The number of amides is 1. The van der Waals surface area contributed by atoms with Gasteiger partial charge in [0, 0.05) is 12.1 Å². The van der Waals surface area contributed by atoms with Crippen LogP contribution in [0.25, 0.3) is 0 Å². The van der Waals surface area contributed by atoms with E-state index in [1.54, 1.807) is 0 Å². The number of nitrogens with one attached hydrogen (secondary N) is 1. The second-order valence-electron chi connectivity index (χ2n) is 4.60. The summed E-state index contributed by atoms with van der Waals surface area (Å²) in [7, 11) is 1.96. The molecule has 0 heterocycles. The van der Waals surface area contributed by atoms with Crippen LogP contribution in [0.2, 0.25) is 0 Å². The first-order valence-corrected chi connectivity index (χ1v) is 6.20. The van der Waals surface area contributed by atoms with Crippen molar-refractivity contribution in [2.24, 2.45) is 5.73 Å². The molecule has 96 valence electrons. The first kappa shape index (κ1) is 15.4. The number of carbonyl (C=O) groups excluding carboxylic acids is 1. The van der Waals surface area contributed by atoms with E-state index >= 15 is 0 Å². The van der Waals surface area contributed by atoms with E-state index in [0.29, 0.717) is 19.1 Å². The Morgan fingerprint density at radius 3 is 2.50 bits per heavy atom. The molecule has 0 aliphatic heterocycles. The Labute approximate surface area is 99.6 Å². The summed E-state index contributed by atoms with van der Waals surface area (Å²) >= 11 is 0. The highest BCUT2D eigenvalue weighted by Gasteiger charge is 2.13. The summed E-state index contributed by atoms with van der Waals surface area (Å²) in [6, 6.07) is 0.632. The Hall–Kier alpha value is -0.610. The standard InChI is InChI=1S/C12H27N3O/c1-5-6-10(2)14-12(16)9-15(4)11(3)7-8-13/h10-11H,5-9,13H2,1-4H3,(H,14,16). The van der Waals surface area contributed by atoms with Crippen molar-refractivity contribution in [1.82, 2.24) is 10.2 Å². The number of carbonyl (C=O) groups is 1. The number of hydrogen-bond acceptors (Lipinski definition) is 3. The molecule has 4 heteroatoms. The van der Waals surface area contributed by atoms with E-state index in [1.165, 1.54) is 0 Å². The van der Waals surface area contributed by atoms with Crippen LogP contribution in [0.15, 0.2) is 0 Å². The quantitative estimate of drug-likeness (QED) is 0.652. The highest BCUT2D eigenvalue weighted by atomic mass is 16.2. The fourth-order valence-corrected chi connectivity index (χ4v) is 1.67. The predicted octanol–water partition coefficient (Wildman–Crippen LogP) is 0.960. The Kier molecular flexibility index (Phi) is 8.21. The minimum Gasteiger partial charge on any atom is -0.353 e. The summed E-state index contributed by atoms with van der Waals surface area (Å²) in [6.45, 7) is 7.38. The molecule has 0 saturated carbocycles. The zero-order valence-electron chi connectivity index (χ0n) is 11.1. The largest absolute Gasteiger partial charge is 0.353 e. The maximum atomic E-state index is 11.7. The average Bonchev–Trinajstić information content (AvgIpc) is 2.17. The van der Waals surface area contributed by atoms with Crippen molar-refractivity contribution in [3.8, 4) is 0 Å². The van der Waals surface area contributed by atoms with Crippen molar-refractivity contribution in [2.45, 2.75) is 52.1 Å². The molecule has 2 atom stereocenters. The summed E-state index contributed by atoms with van der Waals surface area (Å²) in [5.41, 5.74) is 5.49. The van der Waals surface area contributed by atoms with Crippen LogP contribution in [0, 0.1) is 0 Å². The van der Waals surface area contributed by atoms with Crippen molar-refractivity contribution in [3.63, 3.8) is 0 Å². The van der Waals surface area contributed by atoms with Gasteiger partial charge in [-0.15, -0.1) is 0 Å². The number of nitrogens with zero attached hydrogens (tertiary/aromatic N) is 1. The van der Waals surface area contributed by atoms with Gasteiger partial charge < -0.3 is 11.1 Å². The van der Waals surface area contributed by atoms with Crippen LogP contribution in [-0.2, 0) is 4.79 Å². The summed E-state index contributed by atoms with van der Waals surface area (Å²) in [6.07, 6.45) is 3.06. The second-order valence-corrected chi connectivity index (χ2v) is 4.60. The molecular formula is C12H27N3O. The van der Waals surface area contributed by atoms with Gasteiger partial charge >= 0.3 is 0 Å². The summed E-state index contributed by atoms with van der Waals surface area (Å²) in [4.78, 5) is 13.7. The Morgan fingerprint density at radius 2 is 2.00 bits per heavy atom. The Balaban J connectivity index is 3.85. The predicted molar refractivity (Wildman–Crippen MR) is 68.3 cm³/mol. The fraction of sp³-hybridized carbons (Fsp3) is 0.917. The van der Waals surface area contributed by atoms with E-state index in [0.717, 1.165) is 19.3 Å². The molecule has 0 aromatic heterocycles. The Bertz CT molecular complexity index is 197. The zero-order valence-corrected chi connectivity index (χ0v) is 11.1. The first-order valence-electron chi connectivity index (χ1n) is 6.20. The van der Waals surface area contributed by atoms with Gasteiger partial charge in [-0.2, -0.15) is 0 Å². The van der Waals surface area contributed by atoms with Crippen LogP contribution in [-0.4, -0.2) is 43.0 Å². The van der Waals surface area contributed by atoms with Crippen LogP contribution in [0.5, 0.6) is 0 Å². The third-order valence-electron chi connectivity index (χ3n) is 2.86. The molecule has 0 radical (unpaired) electrons. The second kappa shape index (κ2) is 8.53. The minimum absolute atomic E-state index is 0.104. The van der Waals surface area contributed by atoms with Gasteiger partial charge in [-0.25, -0.2) is 0 Å². The average molecular weight is 229 g/mol. The molecule has 0 spiro atoms. The molecule has 0 aliphatic rings. The smallest absolute Gasteiger partial charge is 0.234 e. The lowest BCUT2D eigenvalue weighted by molar-refractivity contribution is -0.123. The van der Waals surface area contributed by atoms with Gasteiger partial charge in [0.25, 0.3) is 0 Å². The summed E-state index contributed by atoms with van der Waals surface area (Å²) in [5.74, 6) is 0.104. The third-order valence-corrected chi connectivity index (χ3v) is 2.86. The number of nitrogens with two attached hydrogens (primary N) is 1. The van der Waals surface area contributed by atoms with E-state index in [4.69, 9.17) is 5.73 Å². The molecule has 4 nitrogen and oxygen atoms in total. The number of rotatable bonds is 8. The lowest BCUT2D eigenvalue weighted by Crippen LogP contribution is -2.42. The van der Waals surface area contributed by atoms with Gasteiger partial charge in [0.05, 0.1) is 6.54 Å². The lowest BCUT2D eigenvalue weighted by atomic mass is 10.2. The van der Waals surface area contributed by atoms with Crippen LogP contribution in [0.1, 0.15) is 40.0 Å². The molecule has 0 aromatic rings. The first-order chi connectivity index (χ1) is 7.51. The van der Waals surface area contributed by atoms with E-state index < -0.39 is 0 Å². The molecule has 1 amide bonds. The maximum absolute atomic E-state index is 11.7. The van der Waals surface area contributed by atoms with E-state index in [9.17, 15) is 4.79 Å². The van der Waals surface area contributed by atoms with Crippen LogP contribution < -0.4 is 11.1 Å². The van der Waals surface area contributed by atoms with E-state index in [1.807, 2.05) is 18.9 Å². The van der Waals surface area contributed by atoms with Crippen molar-refractivity contribution in [2.75, 3.05) is 20.1 Å². The Morgan fingerprint density at radius 1 is 1.38 bits per heavy atom. The third kappa shape index (κ3) is 6.80. The van der Waals surface area contributed by atoms with Crippen LogP contribution in [0.4, 0.5) is 0 Å². The van der Waals surface area contributed by atoms with E-state index in [2.05, 4.69) is 19.2 Å². The van der Waals surface area contributed by atoms with Gasteiger partial charge in [-0.3, -0.25) is 9.69 Å². The fourth-order valence-electron chi connectivity index (χ4n) is 1.67. The van der Waals surface area contributed by atoms with Gasteiger partial charge in [0.15, 0.2) is 0 Å². The minimum atomic E-state index is 0.104. The molecule has 16 heavy (non-hydrogen) atoms. The normalized spacial score (nSPS) is 14.9. The molecule has 0 aliphatic carbocycles. The molecule has 0 saturated heterocycles. The SMILES string of the molecule is CCCC(C)NC(=O)CN(C)C(C)CCN. The van der Waals surface area contributed by atoms with Crippen molar-refractivity contribution in [3.05, 3.63) is 0 Å². The van der Waals surface area contributed by atoms with Gasteiger partial charge in [0.1, 0.15) is 0 Å². The highest BCUT2D eigenvalue weighted by Crippen LogP contribution is 2.00. The molecule has 0 fully saturated rings. The molecule has 2 unspecified atom stereocenters. The monoisotopic (exact) mass is 229 g/mol. The van der Waals surface area contributed by atoms with Gasteiger partial charge in [-0.1, -0.05) is 13.3 Å². The zero-order chi connectivity index (χ0) is 12.6. The summed E-state index contributed by atoms with van der Waals surface area (Å²) in [5, 5.41) is 3.00. The van der Waals surface area contributed by atoms with Crippen LogP contribution in [0.3, 0.4) is 0 Å². The molecule has 0 aromatic carbocycles. The maximum Gasteiger partial charge on any atom is 0.234 e. The van der Waals surface area contributed by atoms with Gasteiger partial charge in [0.2, 0.25) is 5.91 Å². The number of likely N-dealkylation sites (N-methyl/N-ethyl adjacent to an activating group) is 1. The molecular weight excluding hydrogens is 202 g/mol. The van der Waals surface area contributed by atoms with Crippen molar-refractivity contribution >= 4 is 5.91 Å². The molecule has 0 bridgehead atoms. The van der Waals surface area contributed by atoms with Crippen molar-refractivity contribution < 1.29 is 4.79 Å². The summed E-state index contributed by atoms with van der Waals surface area (Å²) < 4.78 is 0.